The Labute approximate surface area is 94.9 Å². The molecule has 1 saturated heterocycles. The van der Waals surface area contributed by atoms with Gasteiger partial charge in [0, 0.05) is 10.8 Å². The smallest absolute Gasteiger partial charge is 0.0938 e. The first-order valence-corrected chi connectivity index (χ1v) is 6.36. The Balaban J connectivity index is 2.16. The van der Waals surface area contributed by atoms with Gasteiger partial charge in [-0.2, -0.15) is 0 Å². The van der Waals surface area contributed by atoms with Crippen LogP contribution in [0.5, 0.6) is 0 Å². The summed E-state index contributed by atoms with van der Waals surface area (Å²) in [5.74, 6) is 0.635. The predicted octanol–water partition coefficient (Wildman–Crippen LogP) is 2.84. The van der Waals surface area contributed by atoms with Crippen LogP contribution in [0.15, 0.2) is 17.5 Å². The Morgan fingerprint density at radius 2 is 2.07 bits per heavy atom. The third-order valence-electron chi connectivity index (χ3n) is 3.52. The zero-order valence-corrected chi connectivity index (χ0v) is 10.2. The number of rotatable bonds is 2. The third kappa shape index (κ3) is 1.96. The van der Waals surface area contributed by atoms with Crippen LogP contribution in [0.2, 0.25) is 0 Å². The molecule has 2 rings (SSSR count). The standard InChI is InChI=1S/C12H18O2S/c1-7-8(2)14-9(3)11(7)12(13)10-5-4-6-15-10/h4-9,11-13H,1-3H3. The molecule has 3 heteroatoms. The molecule has 0 saturated carbocycles. The molecule has 1 aliphatic rings. The van der Waals surface area contributed by atoms with Gasteiger partial charge in [0.2, 0.25) is 0 Å². The molecule has 1 N–H and O–H groups in total. The minimum absolute atomic E-state index is 0.145. The van der Waals surface area contributed by atoms with E-state index in [0.29, 0.717) is 5.92 Å². The second-order valence-electron chi connectivity index (χ2n) is 4.44. The van der Waals surface area contributed by atoms with E-state index >= 15 is 0 Å². The van der Waals surface area contributed by atoms with Gasteiger partial charge < -0.3 is 9.84 Å². The van der Waals surface area contributed by atoms with Crippen molar-refractivity contribution < 1.29 is 9.84 Å². The van der Waals surface area contributed by atoms with E-state index < -0.39 is 0 Å². The van der Waals surface area contributed by atoms with Gasteiger partial charge >= 0.3 is 0 Å². The quantitative estimate of drug-likeness (QED) is 0.840. The Bertz CT molecular complexity index is 309. The highest BCUT2D eigenvalue weighted by Gasteiger charge is 2.41. The molecule has 0 aliphatic carbocycles. The summed E-state index contributed by atoms with van der Waals surface area (Å²) in [6.45, 7) is 6.31. The van der Waals surface area contributed by atoms with Crippen molar-refractivity contribution >= 4 is 11.3 Å². The lowest BCUT2D eigenvalue weighted by Crippen LogP contribution is -2.24. The molecule has 0 radical (unpaired) electrons. The monoisotopic (exact) mass is 226 g/mol. The van der Waals surface area contributed by atoms with Crippen molar-refractivity contribution in [1.29, 1.82) is 0 Å². The molecule has 1 fully saturated rings. The van der Waals surface area contributed by atoms with Crippen molar-refractivity contribution in [3.8, 4) is 0 Å². The molecule has 5 unspecified atom stereocenters. The number of aliphatic hydroxyl groups excluding tert-OH is 1. The van der Waals surface area contributed by atoms with E-state index in [4.69, 9.17) is 4.74 Å². The summed E-state index contributed by atoms with van der Waals surface area (Å²) in [7, 11) is 0. The van der Waals surface area contributed by atoms with E-state index in [1.165, 1.54) is 0 Å². The lowest BCUT2D eigenvalue weighted by molar-refractivity contribution is 0.0242. The summed E-state index contributed by atoms with van der Waals surface area (Å²) in [6.07, 6.45) is 0.0201. The van der Waals surface area contributed by atoms with Gasteiger partial charge in [0.05, 0.1) is 18.3 Å². The van der Waals surface area contributed by atoms with E-state index in [9.17, 15) is 5.11 Å². The summed E-state index contributed by atoms with van der Waals surface area (Å²) in [5, 5.41) is 12.3. The van der Waals surface area contributed by atoms with Gasteiger partial charge in [-0.15, -0.1) is 11.3 Å². The zero-order chi connectivity index (χ0) is 11.0. The number of aliphatic hydroxyl groups is 1. The summed E-state index contributed by atoms with van der Waals surface area (Å²) in [6, 6.07) is 3.98. The zero-order valence-electron chi connectivity index (χ0n) is 9.38. The Morgan fingerprint density at radius 1 is 1.33 bits per heavy atom. The first kappa shape index (κ1) is 11.1. The number of hydrogen-bond acceptors (Lipinski definition) is 3. The van der Waals surface area contributed by atoms with Crippen LogP contribution in [-0.2, 0) is 4.74 Å². The highest BCUT2D eigenvalue weighted by Crippen LogP contribution is 2.41. The molecule has 2 heterocycles. The van der Waals surface area contributed by atoms with Gasteiger partial charge in [-0.1, -0.05) is 13.0 Å². The van der Waals surface area contributed by atoms with E-state index in [1.54, 1.807) is 11.3 Å². The molecule has 1 aliphatic heterocycles. The third-order valence-corrected chi connectivity index (χ3v) is 4.46. The minimum Gasteiger partial charge on any atom is -0.387 e. The molecular weight excluding hydrogens is 208 g/mol. The number of hydrogen-bond donors (Lipinski definition) is 1. The largest absolute Gasteiger partial charge is 0.387 e. The van der Waals surface area contributed by atoms with E-state index in [0.717, 1.165) is 4.88 Å². The first-order valence-electron chi connectivity index (χ1n) is 5.48. The van der Waals surface area contributed by atoms with Gasteiger partial charge in [0.25, 0.3) is 0 Å². The topological polar surface area (TPSA) is 29.5 Å². The lowest BCUT2D eigenvalue weighted by atomic mass is 9.84. The Morgan fingerprint density at radius 3 is 2.53 bits per heavy atom. The molecule has 1 aromatic rings. The minimum atomic E-state index is -0.375. The Kier molecular flexibility index (Phi) is 3.14. The van der Waals surface area contributed by atoms with Gasteiger partial charge in [-0.05, 0) is 31.2 Å². The maximum absolute atomic E-state index is 10.3. The molecule has 0 amide bonds. The summed E-state index contributed by atoms with van der Waals surface area (Å²) < 4.78 is 5.75. The normalized spacial score (nSPS) is 38.1. The highest BCUT2D eigenvalue weighted by atomic mass is 32.1. The van der Waals surface area contributed by atoms with E-state index in [-0.39, 0.29) is 24.2 Å². The maximum Gasteiger partial charge on any atom is 0.0938 e. The van der Waals surface area contributed by atoms with Crippen LogP contribution in [0, 0.1) is 11.8 Å². The SMILES string of the molecule is CC1OC(C)C(C(O)c2cccs2)C1C. The lowest BCUT2D eigenvalue weighted by Gasteiger charge is -2.23. The van der Waals surface area contributed by atoms with Gasteiger partial charge in [-0.25, -0.2) is 0 Å². The second-order valence-corrected chi connectivity index (χ2v) is 5.42. The van der Waals surface area contributed by atoms with Crippen LogP contribution in [0.25, 0.3) is 0 Å². The van der Waals surface area contributed by atoms with Crippen molar-refractivity contribution in [2.75, 3.05) is 0 Å². The van der Waals surface area contributed by atoms with Crippen LogP contribution in [0.1, 0.15) is 31.8 Å². The van der Waals surface area contributed by atoms with Crippen molar-refractivity contribution in [2.24, 2.45) is 11.8 Å². The van der Waals surface area contributed by atoms with Crippen LogP contribution in [0.4, 0.5) is 0 Å². The molecule has 0 aromatic carbocycles. The van der Waals surface area contributed by atoms with Crippen LogP contribution in [0.3, 0.4) is 0 Å². The predicted molar refractivity (Wildman–Crippen MR) is 61.9 cm³/mol. The summed E-state index contributed by atoms with van der Waals surface area (Å²) >= 11 is 1.62. The van der Waals surface area contributed by atoms with Crippen LogP contribution >= 0.6 is 11.3 Å². The van der Waals surface area contributed by atoms with E-state index in [2.05, 4.69) is 20.8 Å². The molecule has 1 aromatic heterocycles. The number of thiophene rings is 1. The van der Waals surface area contributed by atoms with Gasteiger partial charge in [-0.3, -0.25) is 0 Å². The molecule has 0 bridgehead atoms. The average molecular weight is 226 g/mol. The summed E-state index contributed by atoms with van der Waals surface area (Å²) in [5.41, 5.74) is 0. The summed E-state index contributed by atoms with van der Waals surface area (Å²) in [4.78, 5) is 1.05. The average Bonchev–Trinajstić information content (AvgIpc) is 2.76. The Hall–Kier alpha value is -0.380. The molecule has 15 heavy (non-hydrogen) atoms. The van der Waals surface area contributed by atoms with Crippen molar-refractivity contribution in [1.82, 2.24) is 0 Å². The fraction of sp³-hybridized carbons (Fsp3) is 0.667. The fourth-order valence-electron chi connectivity index (χ4n) is 2.49. The van der Waals surface area contributed by atoms with Crippen molar-refractivity contribution in [3.63, 3.8) is 0 Å². The highest BCUT2D eigenvalue weighted by molar-refractivity contribution is 7.10. The van der Waals surface area contributed by atoms with Crippen molar-refractivity contribution in [2.45, 2.75) is 39.1 Å². The van der Waals surface area contributed by atoms with Crippen LogP contribution < -0.4 is 0 Å². The van der Waals surface area contributed by atoms with Crippen molar-refractivity contribution in [3.05, 3.63) is 22.4 Å². The fourth-order valence-corrected chi connectivity index (χ4v) is 3.26. The molecule has 0 spiro atoms. The number of ether oxygens (including phenoxy) is 1. The molecule has 5 atom stereocenters. The van der Waals surface area contributed by atoms with Gasteiger partial charge in [0.15, 0.2) is 0 Å². The van der Waals surface area contributed by atoms with E-state index in [1.807, 2.05) is 17.5 Å². The second kappa shape index (κ2) is 4.24. The van der Waals surface area contributed by atoms with Crippen LogP contribution in [-0.4, -0.2) is 17.3 Å². The first-order chi connectivity index (χ1) is 7.11. The molecule has 2 nitrogen and oxygen atoms in total. The van der Waals surface area contributed by atoms with Gasteiger partial charge in [0.1, 0.15) is 0 Å². The molecular formula is C12H18O2S. The molecule has 84 valence electrons. The maximum atomic E-state index is 10.3.